The Bertz CT molecular complexity index is 795. The molecule has 1 amide bonds. The van der Waals surface area contributed by atoms with Crippen LogP contribution in [0.2, 0.25) is 0 Å². The van der Waals surface area contributed by atoms with Crippen molar-refractivity contribution in [2.75, 3.05) is 11.4 Å². The van der Waals surface area contributed by atoms with Gasteiger partial charge in [-0.25, -0.2) is 0 Å². The van der Waals surface area contributed by atoms with Crippen LogP contribution in [0.15, 0.2) is 53.0 Å². The molecule has 1 atom stereocenters. The third kappa shape index (κ3) is 2.62. The van der Waals surface area contributed by atoms with Crippen molar-refractivity contribution in [3.05, 3.63) is 74.2 Å². The molecule has 23 heavy (non-hydrogen) atoms. The first-order chi connectivity index (χ1) is 10.9. The maximum atomic E-state index is 12.7. The summed E-state index contributed by atoms with van der Waals surface area (Å²) >= 11 is 3.42. The minimum atomic E-state index is -2.12. The number of nitro groups is 1. The molecule has 0 saturated heterocycles. The lowest BCUT2D eigenvalue weighted by atomic mass is 9.96. The molecule has 1 aliphatic heterocycles. The van der Waals surface area contributed by atoms with Crippen molar-refractivity contribution < 1.29 is 14.8 Å². The molecule has 0 fully saturated rings. The molecule has 1 unspecified atom stereocenters. The molecule has 2 aromatic rings. The number of para-hydroxylation sites is 1. The number of aliphatic hydroxyl groups is 1. The van der Waals surface area contributed by atoms with E-state index in [1.165, 1.54) is 4.90 Å². The Morgan fingerprint density at radius 3 is 2.52 bits per heavy atom. The van der Waals surface area contributed by atoms with Crippen molar-refractivity contribution in [1.82, 2.24) is 0 Å². The molecule has 0 bridgehead atoms. The van der Waals surface area contributed by atoms with Gasteiger partial charge in [0.15, 0.2) is 0 Å². The Balaban J connectivity index is 2.04. The van der Waals surface area contributed by atoms with E-state index in [2.05, 4.69) is 15.9 Å². The number of benzene rings is 2. The fourth-order valence-electron chi connectivity index (χ4n) is 2.80. The summed E-state index contributed by atoms with van der Waals surface area (Å²) < 4.78 is 0.829. The highest BCUT2D eigenvalue weighted by molar-refractivity contribution is 9.10. The van der Waals surface area contributed by atoms with E-state index in [-0.39, 0.29) is 12.1 Å². The lowest BCUT2D eigenvalue weighted by Crippen LogP contribution is -2.44. The van der Waals surface area contributed by atoms with Gasteiger partial charge in [-0.15, -0.1) is 0 Å². The molecule has 1 heterocycles. The van der Waals surface area contributed by atoms with Crippen LogP contribution >= 0.6 is 15.9 Å². The van der Waals surface area contributed by atoms with E-state index in [1.807, 2.05) is 24.3 Å². The first-order valence-electron chi connectivity index (χ1n) is 6.92. The standard InChI is InChI=1S/C16H13BrN2O4/c17-13-7-3-1-5-11(13)9-18-14-8-4-2-6-12(14)16(21,15(18)20)10-19(22)23/h1-8,21H,9-10H2. The van der Waals surface area contributed by atoms with Gasteiger partial charge in [-0.1, -0.05) is 52.3 Å². The number of anilines is 1. The zero-order valence-electron chi connectivity index (χ0n) is 12.0. The highest BCUT2D eigenvalue weighted by atomic mass is 79.9. The molecule has 1 N–H and O–H groups in total. The Labute approximate surface area is 140 Å². The lowest BCUT2D eigenvalue weighted by molar-refractivity contribution is -0.498. The lowest BCUT2D eigenvalue weighted by Gasteiger charge is -2.20. The Morgan fingerprint density at radius 1 is 1.17 bits per heavy atom. The average molecular weight is 377 g/mol. The molecule has 6 nitrogen and oxygen atoms in total. The smallest absolute Gasteiger partial charge is 0.271 e. The maximum Gasteiger partial charge on any atom is 0.271 e. The minimum absolute atomic E-state index is 0.220. The summed E-state index contributed by atoms with van der Waals surface area (Å²) in [7, 11) is 0. The van der Waals surface area contributed by atoms with E-state index in [0.717, 1.165) is 10.0 Å². The first-order valence-corrected chi connectivity index (χ1v) is 7.72. The molecule has 0 radical (unpaired) electrons. The van der Waals surface area contributed by atoms with Gasteiger partial charge in [0.1, 0.15) is 0 Å². The second-order valence-corrected chi connectivity index (χ2v) is 6.21. The molecule has 2 aromatic carbocycles. The number of hydrogen-bond donors (Lipinski definition) is 1. The van der Waals surface area contributed by atoms with Crippen LogP contribution in [0.25, 0.3) is 0 Å². The zero-order valence-corrected chi connectivity index (χ0v) is 13.6. The predicted octanol–water partition coefficient (Wildman–Crippen LogP) is 2.46. The van der Waals surface area contributed by atoms with Crippen LogP contribution in [0.4, 0.5) is 5.69 Å². The van der Waals surface area contributed by atoms with E-state index < -0.39 is 23.0 Å². The van der Waals surface area contributed by atoms with Gasteiger partial charge in [-0.3, -0.25) is 14.9 Å². The Kier molecular flexibility index (Phi) is 3.91. The van der Waals surface area contributed by atoms with E-state index in [4.69, 9.17) is 0 Å². The van der Waals surface area contributed by atoms with Gasteiger partial charge in [0.25, 0.3) is 5.91 Å². The molecule has 118 valence electrons. The zero-order chi connectivity index (χ0) is 16.6. The summed E-state index contributed by atoms with van der Waals surface area (Å²) in [4.78, 5) is 24.3. The van der Waals surface area contributed by atoms with Gasteiger partial charge >= 0.3 is 0 Å². The summed E-state index contributed by atoms with van der Waals surface area (Å²) in [6.45, 7) is -0.632. The van der Waals surface area contributed by atoms with Crippen LogP contribution < -0.4 is 4.90 Å². The second-order valence-electron chi connectivity index (χ2n) is 5.35. The van der Waals surface area contributed by atoms with Crippen LogP contribution in [-0.2, 0) is 16.9 Å². The number of hydrogen-bond acceptors (Lipinski definition) is 4. The van der Waals surface area contributed by atoms with Crippen molar-refractivity contribution in [3.8, 4) is 0 Å². The highest BCUT2D eigenvalue weighted by Gasteiger charge is 2.53. The predicted molar refractivity (Wildman–Crippen MR) is 87.5 cm³/mol. The molecule has 0 aromatic heterocycles. The number of halogens is 1. The minimum Gasteiger partial charge on any atom is -0.370 e. The third-order valence-corrected chi connectivity index (χ3v) is 4.66. The summed E-state index contributed by atoms with van der Waals surface area (Å²) in [5.74, 6) is -0.675. The van der Waals surface area contributed by atoms with Crippen LogP contribution in [0.5, 0.6) is 0 Å². The highest BCUT2D eigenvalue weighted by Crippen LogP contribution is 2.41. The number of amides is 1. The van der Waals surface area contributed by atoms with Crippen molar-refractivity contribution in [3.63, 3.8) is 0 Å². The normalized spacial score (nSPS) is 19.7. The van der Waals surface area contributed by atoms with Gasteiger partial charge in [-0.2, -0.15) is 0 Å². The largest absolute Gasteiger partial charge is 0.370 e. The number of carbonyl (C=O) groups is 1. The van der Waals surface area contributed by atoms with Crippen molar-refractivity contribution in [2.24, 2.45) is 0 Å². The molecule has 0 spiro atoms. The first kappa shape index (κ1) is 15.6. The van der Waals surface area contributed by atoms with Crippen LogP contribution in [0, 0.1) is 10.1 Å². The average Bonchev–Trinajstić information content (AvgIpc) is 2.71. The fraction of sp³-hybridized carbons (Fsp3) is 0.188. The number of rotatable bonds is 4. The molecule has 1 aliphatic rings. The Morgan fingerprint density at radius 2 is 1.83 bits per heavy atom. The fourth-order valence-corrected chi connectivity index (χ4v) is 3.21. The van der Waals surface area contributed by atoms with E-state index in [9.17, 15) is 20.0 Å². The van der Waals surface area contributed by atoms with E-state index in [0.29, 0.717) is 5.69 Å². The summed E-state index contributed by atoms with van der Waals surface area (Å²) in [6.07, 6.45) is 0. The topological polar surface area (TPSA) is 83.7 Å². The van der Waals surface area contributed by atoms with Gasteiger partial charge in [-0.05, 0) is 17.7 Å². The summed E-state index contributed by atoms with van der Waals surface area (Å²) in [6, 6.07) is 14.0. The van der Waals surface area contributed by atoms with Gasteiger partial charge in [0, 0.05) is 15.0 Å². The van der Waals surface area contributed by atoms with Gasteiger partial charge in [0.05, 0.1) is 12.2 Å². The Hall–Kier alpha value is -2.25. The quantitative estimate of drug-likeness (QED) is 0.656. The summed E-state index contributed by atoms with van der Waals surface area (Å²) in [5.41, 5.74) is -0.506. The molecule has 0 aliphatic carbocycles. The van der Waals surface area contributed by atoms with Crippen LogP contribution in [0.1, 0.15) is 11.1 Å². The van der Waals surface area contributed by atoms with E-state index in [1.54, 1.807) is 24.3 Å². The van der Waals surface area contributed by atoms with Gasteiger partial charge in [0.2, 0.25) is 12.1 Å². The molecule has 0 saturated carbocycles. The molecule has 7 heteroatoms. The molecular formula is C16H13BrN2O4. The SMILES string of the molecule is O=C1N(Cc2ccccc2Br)c2ccccc2C1(O)C[N+](=O)[O-]. The van der Waals surface area contributed by atoms with E-state index >= 15 is 0 Å². The van der Waals surface area contributed by atoms with Crippen molar-refractivity contribution in [1.29, 1.82) is 0 Å². The number of carbonyl (C=O) groups excluding carboxylic acids is 1. The third-order valence-electron chi connectivity index (χ3n) is 3.88. The van der Waals surface area contributed by atoms with Crippen molar-refractivity contribution >= 4 is 27.5 Å². The van der Waals surface area contributed by atoms with Crippen LogP contribution in [0.3, 0.4) is 0 Å². The summed E-state index contributed by atoms with van der Waals surface area (Å²) in [5, 5.41) is 21.6. The molecule has 3 rings (SSSR count). The van der Waals surface area contributed by atoms with Crippen molar-refractivity contribution in [2.45, 2.75) is 12.1 Å². The maximum absolute atomic E-state index is 12.7. The van der Waals surface area contributed by atoms with Gasteiger partial charge < -0.3 is 10.0 Å². The number of nitrogens with zero attached hydrogens (tertiary/aromatic N) is 2. The molecular weight excluding hydrogens is 364 g/mol. The second kappa shape index (κ2) is 5.75. The number of fused-ring (bicyclic) bond motifs is 1. The van der Waals surface area contributed by atoms with Crippen LogP contribution in [-0.4, -0.2) is 22.5 Å². The monoisotopic (exact) mass is 376 g/mol.